The van der Waals surface area contributed by atoms with Crippen LogP contribution in [0.2, 0.25) is 0 Å². The van der Waals surface area contributed by atoms with Crippen molar-refractivity contribution in [1.82, 2.24) is 14.5 Å². The molecule has 2 aromatic heterocycles. The summed E-state index contributed by atoms with van der Waals surface area (Å²) in [6.45, 7) is 4.61. The summed E-state index contributed by atoms with van der Waals surface area (Å²) in [6.07, 6.45) is 6.42. The first kappa shape index (κ1) is 27.2. The van der Waals surface area contributed by atoms with Crippen LogP contribution in [0.5, 0.6) is 11.5 Å². The molecule has 0 atom stereocenters. The summed E-state index contributed by atoms with van der Waals surface area (Å²) < 4.78 is 13.8. The molecular formula is C36H35N3O4. The third kappa shape index (κ3) is 5.25. The minimum absolute atomic E-state index is 0.0147. The van der Waals surface area contributed by atoms with E-state index in [0.717, 1.165) is 77.4 Å². The topological polar surface area (TPSA) is 76.6 Å². The molecule has 3 aromatic carbocycles. The number of hydrogen-bond donors (Lipinski definition) is 1. The molecule has 1 N–H and O–H groups in total. The number of piperidine rings is 1. The van der Waals surface area contributed by atoms with E-state index in [1.54, 1.807) is 13.3 Å². The Bertz CT molecular complexity index is 1840. The van der Waals surface area contributed by atoms with Crippen LogP contribution in [0.15, 0.2) is 83.8 Å². The second kappa shape index (κ2) is 11.6. The fourth-order valence-corrected chi connectivity index (χ4v) is 6.55. The summed E-state index contributed by atoms with van der Waals surface area (Å²) in [5.41, 5.74) is 7.25. The van der Waals surface area contributed by atoms with Gasteiger partial charge in [0.15, 0.2) is 5.78 Å². The first-order chi connectivity index (χ1) is 21.1. The van der Waals surface area contributed by atoms with Crippen LogP contribution in [0.3, 0.4) is 0 Å². The van der Waals surface area contributed by atoms with Crippen molar-refractivity contribution >= 4 is 16.7 Å². The lowest BCUT2D eigenvalue weighted by Gasteiger charge is -2.26. The Labute approximate surface area is 250 Å². The first-order valence-corrected chi connectivity index (χ1v) is 15.1. The van der Waals surface area contributed by atoms with Gasteiger partial charge in [-0.05, 0) is 104 Å². The second-order valence-electron chi connectivity index (χ2n) is 11.4. The van der Waals surface area contributed by atoms with Gasteiger partial charge in [-0.3, -0.25) is 14.5 Å². The van der Waals surface area contributed by atoms with Gasteiger partial charge in [0, 0.05) is 47.4 Å². The van der Waals surface area contributed by atoms with E-state index in [9.17, 15) is 9.59 Å². The Morgan fingerprint density at radius 3 is 2.42 bits per heavy atom. The maximum absolute atomic E-state index is 14.3. The lowest BCUT2D eigenvalue weighted by atomic mass is 9.92. The number of ether oxygens (including phenoxy) is 2. The zero-order valence-corrected chi connectivity index (χ0v) is 24.4. The van der Waals surface area contributed by atoms with Crippen molar-refractivity contribution in [3.8, 4) is 33.9 Å². The average Bonchev–Trinajstić information content (AvgIpc) is 3.39. The van der Waals surface area contributed by atoms with Crippen LogP contribution in [0.25, 0.3) is 33.3 Å². The number of nitrogens with zero attached hydrogens (tertiary/aromatic N) is 2. The van der Waals surface area contributed by atoms with Crippen LogP contribution in [0, 0.1) is 0 Å². The number of ketones is 1. The Kier molecular flexibility index (Phi) is 7.33. The highest BCUT2D eigenvalue weighted by Gasteiger charge is 2.29. The van der Waals surface area contributed by atoms with Gasteiger partial charge in [0.2, 0.25) is 5.56 Å². The molecule has 0 spiro atoms. The first-order valence-electron chi connectivity index (χ1n) is 15.1. The molecule has 43 heavy (non-hydrogen) atoms. The number of carbonyl (C=O) groups is 1. The van der Waals surface area contributed by atoms with Crippen molar-refractivity contribution < 1.29 is 14.3 Å². The van der Waals surface area contributed by atoms with Crippen LogP contribution >= 0.6 is 0 Å². The largest absolute Gasteiger partial charge is 0.497 e. The number of benzene rings is 3. The predicted molar refractivity (Wildman–Crippen MR) is 169 cm³/mol. The number of carbonyl (C=O) groups excluding carboxylic acids is 1. The third-order valence-corrected chi connectivity index (χ3v) is 8.82. The number of rotatable bonds is 8. The molecule has 0 radical (unpaired) electrons. The highest BCUT2D eigenvalue weighted by atomic mass is 16.5. The average molecular weight is 574 g/mol. The fraction of sp³-hybridized carbons (Fsp3) is 0.278. The predicted octanol–water partition coefficient (Wildman–Crippen LogP) is 6.32. The van der Waals surface area contributed by atoms with Crippen molar-refractivity contribution in [3.05, 3.63) is 106 Å². The number of aryl methyl sites for hydroxylation is 2. The van der Waals surface area contributed by atoms with Gasteiger partial charge in [-0.25, -0.2) is 0 Å². The molecule has 0 aliphatic carbocycles. The van der Waals surface area contributed by atoms with Crippen LogP contribution in [-0.4, -0.2) is 53.6 Å². The van der Waals surface area contributed by atoms with E-state index < -0.39 is 0 Å². The number of likely N-dealkylation sites (tertiary alicyclic amines) is 1. The molecule has 7 rings (SSSR count). The SMILES string of the molecule is COc1ccc2c(c1)CCn1c-2c(C(=O)c2ccc(OCCN3CCCCC3)cc2)c2ccc(-c3ccc(=O)[nH]c3)cc21. The zero-order chi connectivity index (χ0) is 29.3. The van der Waals surface area contributed by atoms with Gasteiger partial charge in [0.05, 0.1) is 18.4 Å². The lowest BCUT2D eigenvalue weighted by Crippen LogP contribution is -2.33. The molecule has 2 aliphatic heterocycles. The number of aromatic nitrogens is 2. The van der Waals surface area contributed by atoms with E-state index in [4.69, 9.17) is 9.47 Å². The molecule has 1 fully saturated rings. The van der Waals surface area contributed by atoms with E-state index in [1.165, 1.54) is 30.9 Å². The third-order valence-electron chi connectivity index (χ3n) is 8.82. The Morgan fingerprint density at radius 1 is 0.860 bits per heavy atom. The van der Waals surface area contributed by atoms with Crippen LogP contribution in [0.1, 0.15) is 40.7 Å². The van der Waals surface area contributed by atoms with E-state index in [2.05, 4.69) is 32.7 Å². The van der Waals surface area contributed by atoms with Crippen LogP contribution in [0.4, 0.5) is 0 Å². The van der Waals surface area contributed by atoms with Gasteiger partial charge in [-0.1, -0.05) is 18.6 Å². The number of nitrogens with one attached hydrogen (secondary N) is 1. The summed E-state index contributed by atoms with van der Waals surface area (Å²) in [4.78, 5) is 31.2. The minimum atomic E-state index is -0.136. The van der Waals surface area contributed by atoms with Crippen molar-refractivity contribution in [2.24, 2.45) is 0 Å². The number of H-pyrrole nitrogens is 1. The molecule has 0 unspecified atom stereocenters. The Morgan fingerprint density at radius 2 is 1.65 bits per heavy atom. The molecule has 218 valence electrons. The summed E-state index contributed by atoms with van der Waals surface area (Å²) in [7, 11) is 1.68. The van der Waals surface area contributed by atoms with E-state index in [0.29, 0.717) is 17.7 Å². The van der Waals surface area contributed by atoms with Gasteiger partial charge in [-0.2, -0.15) is 0 Å². The van der Waals surface area contributed by atoms with E-state index in [1.807, 2.05) is 48.5 Å². The minimum Gasteiger partial charge on any atom is -0.497 e. The van der Waals surface area contributed by atoms with Gasteiger partial charge in [0.25, 0.3) is 0 Å². The number of methoxy groups -OCH3 is 1. The van der Waals surface area contributed by atoms with Gasteiger partial charge in [-0.15, -0.1) is 0 Å². The molecule has 2 aliphatic rings. The summed E-state index contributed by atoms with van der Waals surface area (Å²) in [5.74, 6) is 1.58. The smallest absolute Gasteiger partial charge is 0.247 e. The van der Waals surface area contributed by atoms with Crippen molar-refractivity contribution in [2.45, 2.75) is 32.2 Å². The number of fused-ring (bicyclic) bond motifs is 5. The van der Waals surface area contributed by atoms with Gasteiger partial charge < -0.3 is 19.0 Å². The maximum atomic E-state index is 14.3. The molecule has 1 saturated heterocycles. The normalized spacial score (nSPS) is 14.7. The number of aromatic amines is 1. The molecule has 4 heterocycles. The number of pyridine rings is 1. The zero-order valence-electron chi connectivity index (χ0n) is 24.4. The molecule has 5 aromatic rings. The molecule has 0 bridgehead atoms. The summed E-state index contributed by atoms with van der Waals surface area (Å²) in [6, 6.07) is 23.2. The lowest BCUT2D eigenvalue weighted by molar-refractivity contribution is 0.104. The summed E-state index contributed by atoms with van der Waals surface area (Å²) in [5, 5.41) is 0.915. The molecule has 0 saturated carbocycles. The van der Waals surface area contributed by atoms with E-state index in [-0.39, 0.29) is 11.3 Å². The quantitative estimate of drug-likeness (QED) is 0.220. The van der Waals surface area contributed by atoms with Gasteiger partial charge >= 0.3 is 0 Å². The van der Waals surface area contributed by atoms with Crippen LogP contribution < -0.4 is 15.0 Å². The highest BCUT2D eigenvalue weighted by molar-refractivity contribution is 6.21. The standard InChI is InChI=1S/C36H35N3O4/c1-42-29-11-13-30-26(21-29)15-18-39-32-22-25(27-8-14-33(40)37-23-27)7-12-31(32)34(35(30)39)36(41)24-5-9-28(10-6-24)43-20-19-38-16-3-2-4-17-38/h5-14,21-23H,2-4,15-20H2,1H3,(H,37,40). The highest BCUT2D eigenvalue weighted by Crippen LogP contribution is 2.42. The molecule has 0 amide bonds. The van der Waals surface area contributed by atoms with E-state index >= 15 is 0 Å². The molecular weight excluding hydrogens is 538 g/mol. The summed E-state index contributed by atoms with van der Waals surface area (Å²) >= 11 is 0. The van der Waals surface area contributed by atoms with Crippen LogP contribution in [-0.2, 0) is 13.0 Å². The second-order valence-corrected chi connectivity index (χ2v) is 11.4. The molecule has 7 heteroatoms. The van der Waals surface area contributed by atoms with Gasteiger partial charge in [0.1, 0.15) is 18.1 Å². The van der Waals surface area contributed by atoms with Crippen molar-refractivity contribution in [3.63, 3.8) is 0 Å². The molecule has 7 nitrogen and oxygen atoms in total. The Hall–Kier alpha value is -4.62. The van der Waals surface area contributed by atoms with Crippen molar-refractivity contribution in [2.75, 3.05) is 33.4 Å². The number of hydrogen-bond acceptors (Lipinski definition) is 5. The van der Waals surface area contributed by atoms with Crippen molar-refractivity contribution in [1.29, 1.82) is 0 Å². The Balaban J connectivity index is 1.25. The fourth-order valence-electron chi connectivity index (χ4n) is 6.55. The monoisotopic (exact) mass is 573 g/mol. The maximum Gasteiger partial charge on any atom is 0.247 e.